The van der Waals surface area contributed by atoms with Crippen molar-refractivity contribution in [3.63, 3.8) is 0 Å². The Balaban J connectivity index is 3.08. The van der Waals surface area contributed by atoms with Crippen LogP contribution in [0.25, 0.3) is 0 Å². The van der Waals surface area contributed by atoms with E-state index in [0.29, 0.717) is 5.56 Å². The topological polar surface area (TPSA) is 0 Å². The van der Waals surface area contributed by atoms with Gasteiger partial charge in [-0.25, -0.2) is 13.2 Å². The Morgan fingerprint density at radius 3 is 1.67 bits per heavy atom. The molecule has 0 aliphatic rings. The van der Waals surface area contributed by atoms with Crippen LogP contribution >= 0.6 is 0 Å². The summed E-state index contributed by atoms with van der Waals surface area (Å²) in [7, 11) is 0. The highest BCUT2D eigenvalue weighted by Gasteiger charge is 2.67. The molecule has 1 unspecified atom stereocenters. The Kier molecular flexibility index (Phi) is 3.92. The lowest BCUT2D eigenvalue weighted by Gasteiger charge is -2.28. The third kappa shape index (κ3) is 2.44. The number of benzene rings is 1. The van der Waals surface area contributed by atoms with Gasteiger partial charge in [-0.1, -0.05) is 29.8 Å². The number of hydrogen-bond donors (Lipinski definition) is 0. The van der Waals surface area contributed by atoms with E-state index in [2.05, 4.69) is 0 Å². The van der Waals surface area contributed by atoms with Gasteiger partial charge in [-0.05, 0) is 12.5 Å². The fraction of sp³-hybridized carbons (Fsp3) is 0.455. The normalized spacial score (nSPS) is 14.9. The van der Waals surface area contributed by atoms with Gasteiger partial charge >= 0.3 is 18.3 Å². The van der Waals surface area contributed by atoms with Crippen LogP contribution < -0.4 is 0 Å². The molecule has 1 aromatic carbocycles. The summed E-state index contributed by atoms with van der Waals surface area (Å²) in [6.07, 6.45) is -8.14. The summed E-state index contributed by atoms with van der Waals surface area (Å²) in [6.45, 7) is 1.57. The van der Waals surface area contributed by atoms with E-state index in [1.807, 2.05) is 0 Å². The van der Waals surface area contributed by atoms with Crippen LogP contribution in [0.2, 0.25) is 0 Å². The van der Waals surface area contributed by atoms with Gasteiger partial charge < -0.3 is 0 Å². The van der Waals surface area contributed by atoms with Crippen molar-refractivity contribution >= 4 is 0 Å². The smallest absolute Gasteiger partial charge is 0.235 e. The highest BCUT2D eigenvalue weighted by molar-refractivity contribution is 5.25. The molecule has 0 fully saturated rings. The first-order valence-corrected chi connectivity index (χ1v) is 4.85. The van der Waals surface area contributed by atoms with Crippen LogP contribution in [-0.2, 0) is 0 Å². The molecule has 0 aliphatic heterocycles. The molecule has 0 bridgehead atoms. The summed E-state index contributed by atoms with van der Waals surface area (Å²) >= 11 is 0. The van der Waals surface area contributed by atoms with Crippen molar-refractivity contribution in [1.29, 1.82) is 0 Å². The SMILES string of the molecule is Cc1ccc(C(F)C(F)(F)C(F)(F)C(F)F)cc1. The average Bonchev–Trinajstić information content (AvgIpc) is 2.28. The second-order valence-electron chi connectivity index (χ2n) is 3.82. The van der Waals surface area contributed by atoms with Gasteiger partial charge in [-0.3, -0.25) is 0 Å². The zero-order valence-corrected chi connectivity index (χ0v) is 9.11. The van der Waals surface area contributed by atoms with E-state index >= 15 is 0 Å². The van der Waals surface area contributed by atoms with Crippen molar-refractivity contribution in [2.24, 2.45) is 0 Å². The van der Waals surface area contributed by atoms with Gasteiger partial charge in [0.2, 0.25) is 0 Å². The van der Waals surface area contributed by atoms with E-state index in [4.69, 9.17) is 0 Å². The van der Waals surface area contributed by atoms with Gasteiger partial charge in [0.1, 0.15) is 0 Å². The maximum atomic E-state index is 13.3. The molecule has 1 aromatic rings. The molecule has 1 rings (SSSR count). The molecule has 1 atom stereocenters. The molecular weight excluding hydrogens is 265 g/mol. The minimum Gasteiger partial charge on any atom is -0.235 e. The summed E-state index contributed by atoms with van der Waals surface area (Å²) in [4.78, 5) is 0. The fourth-order valence-electron chi connectivity index (χ4n) is 1.26. The predicted octanol–water partition coefficient (Wildman–Crippen LogP) is 4.54. The lowest BCUT2D eigenvalue weighted by molar-refractivity contribution is -0.286. The number of alkyl halides is 7. The Hall–Kier alpha value is -1.27. The highest BCUT2D eigenvalue weighted by atomic mass is 19.3. The van der Waals surface area contributed by atoms with Gasteiger partial charge in [-0.2, -0.15) is 17.6 Å². The van der Waals surface area contributed by atoms with Crippen molar-refractivity contribution in [3.8, 4) is 0 Å². The summed E-state index contributed by atoms with van der Waals surface area (Å²) in [5.74, 6) is -11.2. The summed E-state index contributed by atoms with van der Waals surface area (Å²) < 4.78 is 88.3. The van der Waals surface area contributed by atoms with E-state index in [1.165, 1.54) is 12.1 Å². The number of rotatable bonds is 4. The van der Waals surface area contributed by atoms with Gasteiger partial charge in [0, 0.05) is 0 Å². The lowest BCUT2D eigenvalue weighted by Crippen LogP contribution is -2.49. The monoisotopic (exact) mass is 274 g/mol. The quantitative estimate of drug-likeness (QED) is 0.707. The molecule has 0 nitrogen and oxygen atoms in total. The first-order valence-electron chi connectivity index (χ1n) is 4.85. The molecule has 0 spiro atoms. The van der Waals surface area contributed by atoms with Crippen molar-refractivity contribution < 1.29 is 30.7 Å². The third-order valence-electron chi connectivity index (χ3n) is 2.41. The van der Waals surface area contributed by atoms with Gasteiger partial charge in [0.05, 0.1) is 0 Å². The lowest BCUT2D eigenvalue weighted by atomic mass is 9.99. The molecule has 18 heavy (non-hydrogen) atoms. The van der Waals surface area contributed by atoms with Crippen molar-refractivity contribution in [3.05, 3.63) is 35.4 Å². The summed E-state index contributed by atoms with van der Waals surface area (Å²) in [5.41, 5.74) is -0.180. The predicted molar refractivity (Wildman–Crippen MR) is 50.9 cm³/mol. The number of hydrogen-bond acceptors (Lipinski definition) is 0. The van der Waals surface area contributed by atoms with E-state index in [9.17, 15) is 30.7 Å². The first kappa shape index (κ1) is 14.8. The Labute approximate surface area is 98.4 Å². The maximum Gasteiger partial charge on any atom is 0.372 e. The molecule has 0 radical (unpaired) electrons. The first-order chi connectivity index (χ1) is 8.10. The van der Waals surface area contributed by atoms with Crippen LogP contribution in [0.15, 0.2) is 24.3 Å². The Bertz CT molecular complexity index is 396. The minimum atomic E-state index is -5.72. The van der Waals surface area contributed by atoms with Crippen LogP contribution in [0.5, 0.6) is 0 Å². The highest BCUT2D eigenvalue weighted by Crippen LogP contribution is 2.48. The maximum absolute atomic E-state index is 13.3. The molecule has 102 valence electrons. The minimum absolute atomic E-state index is 0.592. The zero-order valence-electron chi connectivity index (χ0n) is 9.11. The molecular formula is C11H9F7. The van der Waals surface area contributed by atoms with Crippen molar-refractivity contribution in [1.82, 2.24) is 0 Å². The van der Waals surface area contributed by atoms with Crippen molar-refractivity contribution in [2.75, 3.05) is 0 Å². The van der Waals surface area contributed by atoms with E-state index in [-0.39, 0.29) is 0 Å². The molecule has 0 aliphatic carbocycles. The van der Waals surface area contributed by atoms with Crippen LogP contribution in [0.4, 0.5) is 30.7 Å². The summed E-state index contributed by atoms with van der Waals surface area (Å²) in [5, 5.41) is 0. The van der Waals surface area contributed by atoms with E-state index in [0.717, 1.165) is 12.1 Å². The molecule has 0 heterocycles. The fourth-order valence-corrected chi connectivity index (χ4v) is 1.26. The second kappa shape index (κ2) is 4.78. The number of halogens is 7. The average molecular weight is 274 g/mol. The van der Waals surface area contributed by atoms with Crippen LogP contribution in [0.1, 0.15) is 17.3 Å². The largest absolute Gasteiger partial charge is 0.372 e. The van der Waals surface area contributed by atoms with Crippen LogP contribution in [0.3, 0.4) is 0 Å². The van der Waals surface area contributed by atoms with E-state index in [1.54, 1.807) is 6.92 Å². The van der Waals surface area contributed by atoms with Crippen LogP contribution in [0, 0.1) is 6.92 Å². The van der Waals surface area contributed by atoms with Gasteiger partial charge in [-0.15, -0.1) is 0 Å². The van der Waals surface area contributed by atoms with Crippen LogP contribution in [-0.4, -0.2) is 18.3 Å². The standard InChI is InChI=1S/C11H9F7/c1-6-2-4-7(5-3-6)8(12)10(15,16)11(17,18)9(13)14/h2-5,8-9H,1H3. The van der Waals surface area contributed by atoms with Crippen molar-refractivity contribution in [2.45, 2.75) is 31.4 Å². The molecule has 7 heteroatoms. The van der Waals surface area contributed by atoms with Gasteiger partial charge in [0.25, 0.3) is 0 Å². The van der Waals surface area contributed by atoms with Gasteiger partial charge in [0.15, 0.2) is 6.17 Å². The molecule has 0 amide bonds. The Morgan fingerprint density at radius 2 is 1.28 bits per heavy atom. The second-order valence-corrected chi connectivity index (χ2v) is 3.82. The molecule has 0 saturated carbocycles. The number of aryl methyl sites for hydroxylation is 1. The molecule has 0 saturated heterocycles. The zero-order chi connectivity index (χ0) is 14.1. The summed E-state index contributed by atoms with van der Waals surface area (Å²) in [6, 6.07) is 4.15. The third-order valence-corrected chi connectivity index (χ3v) is 2.41. The molecule has 0 aromatic heterocycles. The Morgan fingerprint density at radius 1 is 0.833 bits per heavy atom. The molecule has 0 N–H and O–H groups in total. The van der Waals surface area contributed by atoms with E-state index < -0.39 is 30.0 Å².